The third-order valence-corrected chi connectivity index (χ3v) is 3.41. The molecule has 5 heteroatoms. The highest BCUT2D eigenvalue weighted by Crippen LogP contribution is 2.29. The Hall–Kier alpha value is -2.56. The lowest BCUT2D eigenvalue weighted by Crippen LogP contribution is -2.22. The monoisotopic (exact) mass is 282 g/mol. The van der Waals surface area contributed by atoms with Gasteiger partial charge < -0.3 is 14.6 Å². The average Bonchev–Trinajstić information content (AvgIpc) is 2.99. The van der Waals surface area contributed by atoms with Crippen molar-refractivity contribution in [2.75, 3.05) is 12.4 Å². The van der Waals surface area contributed by atoms with Crippen molar-refractivity contribution >= 4 is 16.6 Å². The molecule has 0 aliphatic heterocycles. The van der Waals surface area contributed by atoms with Crippen LogP contribution in [0.2, 0.25) is 0 Å². The van der Waals surface area contributed by atoms with Crippen LogP contribution in [0.3, 0.4) is 0 Å². The van der Waals surface area contributed by atoms with Crippen LogP contribution in [-0.2, 0) is 6.54 Å². The minimum Gasteiger partial charge on any atom is -0.496 e. The number of benzene rings is 1. The van der Waals surface area contributed by atoms with Crippen molar-refractivity contribution in [3.8, 4) is 5.75 Å². The molecule has 3 aromatic rings. The summed E-state index contributed by atoms with van der Waals surface area (Å²) in [6, 6.07) is 8.20. The van der Waals surface area contributed by atoms with Crippen LogP contribution in [0, 0.1) is 0 Å². The van der Waals surface area contributed by atoms with E-state index in [2.05, 4.69) is 28.3 Å². The molecule has 0 saturated heterocycles. The van der Waals surface area contributed by atoms with Gasteiger partial charge in [0.15, 0.2) is 0 Å². The Morgan fingerprint density at radius 2 is 2.14 bits per heavy atom. The standard InChI is InChI=1S/C16H18N4O/c1-12(10-20-9-8-17-11-20)19-16-14-4-3-5-15(21-2)13(14)6-7-18-16/h3-9,11-12H,10H2,1-2H3,(H,18,19). The number of fused-ring (bicyclic) bond motifs is 1. The summed E-state index contributed by atoms with van der Waals surface area (Å²) in [5, 5.41) is 5.59. The van der Waals surface area contributed by atoms with Gasteiger partial charge in [0.1, 0.15) is 11.6 Å². The number of methoxy groups -OCH3 is 1. The lowest BCUT2D eigenvalue weighted by atomic mass is 10.1. The minimum atomic E-state index is 0.239. The van der Waals surface area contributed by atoms with E-state index in [0.717, 1.165) is 28.9 Å². The van der Waals surface area contributed by atoms with E-state index in [0.29, 0.717) is 0 Å². The second-order valence-electron chi connectivity index (χ2n) is 5.02. The van der Waals surface area contributed by atoms with Gasteiger partial charge in [-0.05, 0) is 19.1 Å². The number of pyridine rings is 1. The van der Waals surface area contributed by atoms with Crippen LogP contribution < -0.4 is 10.1 Å². The molecule has 2 heterocycles. The molecule has 0 saturated carbocycles. The van der Waals surface area contributed by atoms with Gasteiger partial charge in [0.05, 0.1) is 13.4 Å². The number of nitrogens with one attached hydrogen (secondary N) is 1. The molecule has 0 aliphatic rings. The number of hydrogen-bond acceptors (Lipinski definition) is 4. The Morgan fingerprint density at radius 1 is 1.24 bits per heavy atom. The maximum Gasteiger partial charge on any atom is 0.134 e. The molecule has 2 aromatic heterocycles. The molecule has 0 aliphatic carbocycles. The summed E-state index contributed by atoms with van der Waals surface area (Å²) >= 11 is 0. The number of aromatic nitrogens is 3. The lowest BCUT2D eigenvalue weighted by molar-refractivity contribution is 0.420. The summed E-state index contributed by atoms with van der Waals surface area (Å²) in [6.07, 6.45) is 7.36. The van der Waals surface area contributed by atoms with Crippen LogP contribution in [0.1, 0.15) is 6.92 Å². The number of rotatable bonds is 5. The summed E-state index contributed by atoms with van der Waals surface area (Å²) in [5.74, 6) is 1.74. The molecule has 1 N–H and O–H groups in total. The van der Waals surface area contributed by atoms with Crippen molar-refractivity contribution in [1.29, 1.82) is 0 Å². The van der Waals surface area contributed by atoms with Gasteiger partial charge in [-0.3, -0.25) is 0 Å². The number of hydrogen-bond donors (Lipinski definition) is 1. The first-order valence-corrected chi connectivity index (χ1v) is 6.92. The predicted molar refractivity (Wildman–Crippen MR) is 83.6 cm³/mol. The molecule has 1 unspecified atom stereocenters. The Morgan fingerprint density at radius 3 is 2.90 bits per heavy atom. The van der Waals surface area contributed by atoms with Gasteiger partial charge in [-0.2, -0.15) is 0 Å². The molecule has 3 rings (SSSR count). The quantitative estimate of drug-likeness (QED) is 0.781. The van der Waals surface area contributed by atoms with Crippen molar-refractivity contribution in [3.63, 3.8) is 0 Å². The Kier molecular flexibility index (Phi) is 3.73. The van der Waals surface area contributed by atoms with Crippen molar-refractivity contribution in [1.82, 2.24) is 14.5 Å². The van der Waals surface area contributed by atoms with E-state index >= 15 is 0 Å². The summed E-state index contributed by atoms with van der Waals surface area (Å²) in [6.45, 7) is 2.96. The molecule has 0 amide bonds. The molecule has 0 radical (unpaired) electrons. The number of anilines is 1. The van der Waals surface area contributed by atoms with E-state index in [1.165, 1.54) is 0 Å². The van der Waals surface area contributed by atoms with Gasteiger partial charge in [-0.1, -0.05) is 12.1 Å². The van der Waals surface area contributed by atoms with Crippen LogP contribution >= 0.6 is 0 Å². The predicted octanol–water partition coefficient (Wildman–Crippen LogP) is 2.94. The summed E-state index contributed by atoms with van der Waals surface area (Å²) in [4.78, 5) is 8.52. The Labute approximate surface area is 123 Å². The van der Waals surface area contributed by atoms with Crippen molar-refractivity contribution < 1.29 is 4.74 Å². The molecular formula is C16H18N4O. The van der Waals surface area contributed by atoms with E-state index in [-0.39, 0.29) is 6.04 Å². The fraction of sp³-hybridized carbons (Fsp3) is 0.250. The number of imidazole rings is 1. The Balaban J connectivity index is 1.87. The fourth-order valence-electron chi connectivity index (χ4n) is 2.46. The van der Waals surface area contributed by atoms with Gasteiger partial charge in [-0.15, -0.1) is 0 Å². The zero-order valence-corrected chi connectivity index (χ0v) is 12.2. The zero-order chi connectivity index (χ0) is 14.7. The van der Waals surface area contributed by atoms with Gasteiger partial charge in [0.2, 0.25) is 0 Å². The third kappa shape index (κ3) is 2.81. The third-order valence-electron chi connectivity index (χ3n) is 3.41. The fourth-order valence-corrected chi connectivity index (χ4v) is 2.46. The zero-order valence-electron chi connectivity index (χ0n) is 12.2. The van der Waals surface area contributed by atoms with E-state index in [1.54, 1.807) is 19.5 Å². The van der Waals surface area contributed by atoms with Crippen LogP contribution in [0.4, 0.5) is 5.82 Å². The highest BCUT2D eigenvalue weighted by atomic mass is 16.5. The minimum absolute atomic E-state index is 0.239. The van der Waals surface area contributed by atoms with Crippen molar-refractivity contribution in [3.05, 3.63) is 49.2 Å². The molecule has 0 spiro atoms. The first-order chi connectivity index (χ1) is 10.3. The largest absolute Gasteiger partial charge is 0.496 e. The molecule has 21 heavy (non-hydrogen) atoms. The molecule has 1 atom stereocenters. The highest BCUT2D eigenvalue weighted by Gasteiger charge is 2.09. The normalized spacial score (nSPS) is 12.3. The summed E-state index contributed by atoms with van der Waals surface area (Å²) in [7, 11) is 1.68. The first-order valence-electron chi connectivity index (χ1n) is 6.92. The summed E-state index contributed by atoms with van der Waals surface area (Å²) < 4.78 is 7.45. The maximum atomic E-state index is 5.40. The summed E-state index contributed by atoms with van der Waals surface area (Å²) in [5.41, 5.74) is 0. The van der Waals surface area contributed by atoms with Gasteiger partial charge in [0.25, 0.3) is 0 Å². The number of ether oxygens (including phenoxy) is 1. The number of nitrogens with zero attached hydrogens (tertiary/aromatic N) is 3. The smallest absolute Gasteiger partial charge is 0.134 e. The highest BCUT2D eigenvalue weighted by molar-refractivity contribution is 5.95. The van der Waals surface area contributed by atoms with E-state index in [4.69, 9.17) is 4.74 Å². The first kappa shape index (κ1) is 13.4. The van der Waals surface area contributed by atoms with Gasteiger partial charge >= 0.3 is 0 Å². The Bertz CT molecular complexity index is 724. The molecule has 5 nitrogen and oxygen atoms in total. The molecule has 1 aromatic carbocycles. The second-order valence-corrected chi connectivity index (χ2v) is 5.02. The SMILES string of the molecule is COc1cccc2c(NC(C)Cn3ccnc3)nccc12. The topological polar surface area (TPSA) is 52.0 Å². The van der Waals surface area contributed by atoms with E-state index < -0.39 is 0 Å². The van der Waals surface area contributed by atoms with Crippen LogP contribution in [-0.4, -0.2) is 27.7 Å². The average molecular weight is 282 g/mol. The second kappa shape index (κ2) is 5.83. The van der Waals surface area contributed by atoms with Crippen molar-refractivity contribution in [2.45, 2.75) is 19.5 Å². The molecule has 0 fully saturated rings. The van der Waals surface area contributed by atoms with Gasteiger partial charge in [-0.25, -0.2) is 9.97 Å². The van der Waals surface area contributed by atoms with Crippen molar-refractivity contribution in [2.24, 2.45) is 0 Å². The van der Waals surface area contributed by atoms with Gasteiger partial charge in [0, 0.05) is 41.9 Å². The van der Waals surface area contributed by atoms with Crippen LogP contribution in [0.5, 0.6) is 5.75 Å². The van der Waals surface area contributed by atoms with E-state index in [9.17, 15) is 0 Å². The lowest BCUT2D eigenvalue weighted by Gasteiger charge is -2.17. The molecular weight excluding hydrogens is 264 g/mol. The molecule has 0 bridgehead atoms. The maximum absolute atomic E-state index is 5.40. The molecule has 108 valence electrons. The van der Waals surface area contributed by atoms with E-state index in [1.807, 2.05) is 35.3 Å². The van der Waals surface area contributed by atoms with Crippen LogP contribution in [0.15, 0.2) is 49.2 Å². The van der Waals surface area contributed by atoms with Crippen LogP contribution in [0.25, 0.3) is 10.8 Å².